The molecule has 0 heterocycles. The number of ketones is 1. The molecule has 6 nitrogen and oxygen atoms in total. The quantitative estimate of drug-likeness (QED) is 0.464. The Bertz CT molecular complexity index is 1230. The average molecular weight is 443 g/mol. The van der Waals surface area contributed by atoms with Crippen LogP contribution in [-0.4, -0.2) is 43.2 Å². The van der Waals surface area contributed by atoms with Crippen LogP contribution in [0.25, 0.3) is 11.1 Å². The fourth-order valence-electron chi connectivity index (χ4n) is 3.98. The topological polar surface area (TPSA) is 75.7 Å². The van der Waals surface area contributed by atoms with E-state index in [9.17, 15) is 14.4 Å². The molecule has 0 aromatic heterocycles. The molecule has 1 N–H and O–H groups in total. The zero-order valence-electron chi connectivity index (χ0n) is 18.9. The van der Waals surface area contributed by atoms with Gasteiger partial charge in [-0.05, 0) is 35.7 Å². The van der Waals surface area contributed by atoms with Gasteiger partial charge in [0.05, 0.1) is 6.04 Å². The lowest BCUT2D eigenvalue weighted by atomic mass is 10.0. The molecule has 0 saturated heterocycles. The van der Waals surface area contributed by atoms with Gasteiger partial charge in [0.2, 0.25) is 0 Å². The number of hydrogen-bond donors (Lipinski definition) is 1. The molecule has 1 aliphatic carbocycles. The molecule has 0 radical (unpaired) electrons. The van der Waals surface area contributed by atoms with Crippen LogP contribution in [0.1, 0.15) is 51.2 Å². The van der Waals surface area contributed by atoms with Crippen molar-refractivity contribution in [2.24, 2.45) is 0 Å². The van der Waals surface area contributed by atoms with Gasteiger partial charge in [-0.15, -0.1) is 0 Å². The van der Waals surface area contributed by atoms with Gasteiger partial charge >= 0.3 is 0 Å². The van der Waals surface area contributed by atoms with Crippen molar-refractivity contribution in [1.82, 2.24) is 10.2 Å². The average Bonchev–Trinajstić information content (AvgIpc) is 3.12. The molecule has 3 aromatic rings. The number of carbonyl (C=O) groups excluding carboxylic acids is 3. The van der Waals surface area contributed by atoms with E-state index in [1.54, 1.807) is 32.3 Å². The van der Waals surface area contributed by atoms with E-state index in [1.165, 1.54) is 4.90 Å². The summed E-state index contributed by atoms with van der Waals surface area (Å²) in [7, 11) is 3.35. The minimum Gasteiger partial charge on any atom is -0.483 e. The summed E-state index contributed by atoms with van der Waals surface area (Å²) in [6, 6.07) is 19.8. The molecule has 3 aromatic carbocycles. The first-order valence-corrected chi connectivity index (χ1v) is 10.9. The number of nitrogens with zero attached hydrogens (tertiary/aromatic N) is 1. The second-order valence-corrected chi connectivity index (χ2v) is 8.18. The summed E-state index contributed by atoms with van der Waals surface area (Å²) in [6.45, 7) is 1.89. The second-order valence-electron chi connectivity index (χ2n) is 8.18. The van der Waals surface area contributed by atoms with Crippen molar-refractivity contribution >= 4 is 17.6 Å². The molecule has 2 amide bonds. The molecule has 33 heavy (non-hydrogen) atoms. The normalized spacial score (nSPS) is 12.5. The number of hydrogen-bond acceptors (Lipinski definition) is 4. The Hall–Kier alpha value is -3.93. The number of carbonyl (C=O) groups is 3. The second kappa shape index (κ2) is 9.28. The highest BCUT2D eigenvalue weighted by Crippen LogP contribution is 2.37. The summed E-state index contributed by atoms with van der Waals surface area (Å²) >= 11 is 0. The summed E-state index contributed by atoms with van der Waals surface area (Å²) in [5.74, 6) is 0.0734. The Morgan fingerprint density at radius 3 is 2.30 bits per heavy atom. The van der Waals surface area contributed by atoms with Gasteiger partial charge in [0.25, 0.3) is 11.8 Å². The van der Waals surface area contributed by atoms with Gasteiger partial charge in [-0.3, -0.25) is 14.4 Å². The molecule has 1 unspecified atom stereocenters. The number of amides is 2. The fraction of sp³-hybridized carbons (Fsp3) is 0.222. The number of ether oxygens (including phenoxy) is 1. The molecule has 0 spiro atoms. The molecule has 0 saturated carbocycles. The molecule has 0 fully saturated rings. The minimum atomic E-state index is -0.315. The van der Waals surface area contributed by atoms with Crippen LogP contribution in [0.2, 0.25) is 0 Å². The van der Waals surface area contributed by atoms with E-state index in [-0.39, 0.29) is 30.2 Å². The van der Waals surface area contributed by atoms with Crippen molar-refractivity contribution in [1.29, 1.82) is 0 Å². The predicted molar refractivity (Wildman–Crippen MR) is 126 cm³/mol. The molecule has 1 atom stereocenters. The van der Waals surface area contributed by atoms with E-state index in [0.29, 0.717) is 28.9 Å². The predicted octanol–water partition coefficient (Wildman–Crippen LogP) is 4.25. The van der Waals surface area contributed by atoms with Crippen LogP contribution in [0, 0.1) is 0 Å². The van der Waals surface area contributed by atoms with Gasteiger partial charge in [-0.1, -0.05) is 55.5 Å². The molecule has 1 aliphatic rings. The highest BCUT2D eigenvalue weighted by atomic mass is 16.5. The first-order chi connectivity index (χ1) is 15.9. The van der Waals surface area contributed by atoms with Crippen LogP contribution in [-0.2, 0) is 4.79 Å². The van der Waals surface area contributed by atoms with Crippen molar-refractivity contribution in [2.75, 3.05) is 20.7 Å². The van der Waals surface area contributed by atoms with Gasteiger partial charge in [-0.25, -0.2) is 0 Å². The molecule has 0 bridgehead atoms. The maximum Gasteiger partial charge on any atom is 0.259 e. The van der Waals surface area contributed by atoms with Gasteiger partial charge in [0, 0.05) is 36.3 Å². The summed E-state index contributed by atoms with van der Waals surface area (Å²) < 4.78 is 5.75. The lowest BCUT2D eigenvalue weighted by molar-refractivity contribution is -0.130. The Balaban J connectivity index is 1.54. The van der Waals surface area contributed by atoms with E-state index in [2.05, 4.69) is 5.32 Å². The van der Waals surface area contributed by atoms with Crippen LogP contribution in [0.4, 0.5) is 0 Å². The van der Waals surface area contributed by atoms with Crippen molar-refractivity contribution in [3.63, 3.8) is 0 Å². The fourth-order valence-corrected chi connectivity index (χ4v) is 3.98. The molecule has 168 valence electrons. The van der Waals surface area contributed by atoms with E-state index in [4.69, 9.17) is 4.74 Å². The maximum atomic E-state index is 13.1. The van der Waals surface area contributed by atoms with Gasteiger partial charge in [0.1, 0.15) is 5.75 Å². The summed E-state index contributed by atoms with van der Waals surface area (Å²) in [5.41, 5.74) is 4.18. The Morgan fingerprint density at radius 2 is 1.58 bits per heavy atom. The summed E-state index contributed by atoms with van der Waals surface area (Å²) in [5, 5.41) is 3.05. The lowest BCUT2D eigenvalue weighted by Crippen LogP contribution is -2.30. The Morgan fingerprint density at radius 1 is 0.909 bits per heavy atom. The van der Waals surface area contributed by atoms with E-state index >= 15 is 0 Å². The number of rotatable bonds is 7. The van der Waals surface area contributed by atoms with Crippen LogP contribution in [0.15, 0.2) is 66.7 Å². The lowest BCUT2D eigenvalue weighted by Gasteiger charge is -2.21. The third-order valence-corrected chi connectivity index (χ3v) is 5.85. The zero-order valence-corrected chi connectivity index (χ0v) is 18.9. The molecule has 0 aliphatic heterocycles. The van der Waals surface area contributed by atoms with Gasteiger partial charge in [-0.2, -0.15) is 0 Å². The molecule has 6 heteroatoms. The number of fused-ring (bicyclic) bond motifs is 3. The third-order valence-electron chi connectivity index (χ3n) is 5.85. The summed E-state index contributed by atoms with van der Waals surface area (Å²) in [4.78, 5) is 39.3. The highest BCUT2D eigenvalue weighted by Gasteiger charge is 2.27. The summed E-state index contributed by atoms with van der Waals surface area (Å²) in [6.07, 6.45) is 0.628. The number of benzene rings is 3. The number of likely N-dealkylation sites (N-methyl/N-ethyl adjacent to an activating group) is 1. The zero-order chi connectivity index (χ0) is 23.5. The van der Waals surface area contributed by atoms with Crippen molar-refractivity contribution in [3.8, 4) is 16.9 Å². The van der Waals surface area contributed by atoms with E-state index in [1.807, 2.05) is 55.5 Å². The first kappa shape index (κ1) is 22.3. The molecule has 4 rings (SSSR count). The van der Waals surface area contributed by atoms with Crippen molar-refractivity contribution in [2.45, 2.75) is 19.4 Å². The van der Waals surface area contributed by atoms with Crippen molar-refractivity contribution in [3.05, 3.63) is 89.0 Å². The molecular formula is C27H26N2O4. The standard InChI is InChI=1S/C27H26N2O4/c1-4-23(21-11-7-8-12-24(21)33-16-25(30)29(2)3)28-27(32)17-13-14-19-18-9-5-6-10-20(18)26(31)22(19)15-17/h5-15,23H,4,16H2,1-3H3,(H,28,32). The Kier molecular flexibility index (Phi) is 6.27. The smallest absolute Gasteiger partial charge is 0.259 e. The third kappa shape index (κ3) is 4.37. The molecular weight excluding hydrogens is 416 g/mol. The van der Waals surface area contributed by atoms with Crippen molar-refractivity contribution < 1.29 is 19.1 Å². The van der Waals surface area contributed by atoms with E-state index in [0.717, 1.165) is 16.7 Å². The van der Waals surface area contributed by atoms with Crippen LogP contribution < -0.4 is 10.1 Å². The number of nitrogens with one attached hydrogen (secondary N) is 1. The van der Waals surface area contributed by atoms with Gasteiger partial charge < -0.3 is 15.0 Å². The van der Waals surface area contributed by atoms with Crippen LogP contribution in [0.3, 0.4) is 0 Å². The highest BCUT2D eigenvalue weighted by molar-refractivity contribution is 6.22. The Labute approximate surface area is 193 Å². The SMILES string of the molecule is CCC(NC(=O)c1ccc2c(c1)C(=O)c1ccccc1-2)c1ccccc1OCC(=O)N(C)C. The van der Waals surface area contributed by atoms with E-state index < -0.39 is 0 Å². The van der Waals surface area contributed by atoms with Crippen LogP contribution >= 0.6 is 0 Å². The van der Waals surface area contributed by atoms with Gasteiger partial charge in [0.15, 0.2) is 12.4 Å². The first-order valence-electron chi connectivity index (χ1n) is 10.9. The maximum absolute atomic E-state index is 13.1. The minimum absolute atomic E-state index is 0.0633. The monoisotopic (exact) mass is 442 g/mol. The largest absolute Gasteiger partial charge is 0.483 e. The number of para-hydroxylation sites is 1. The van der Waals surface area contributed by atoms with Crippen LogP contribution in [0.5, 0.6) is 5.75 Å².